The summed E-state index contributed by atoms with van der Waals surface area (Å²) in [6, 6.07) is 12.4. The number of carbonyl (C=O) groups is 1. The van der Waals surface area contributed by atoms with Gasteiger partial charge >= 0.3 is 0 Å². The van der Waals surface area contributed by atoms with Crippen LogP contribution in [-0.4, -0.2) is 15.7 Å². The molecule has 0 fully saturated rings. The van der Waals surface area contributed by atoms with E-state index in [0.29, 0.717) is 22.4 Å². The van der Waals surface area contributed by atoms with Crippen molar-refractivity contribution in [1.82, 2.24) is 9.78 Å². The van der Waals surface area contributed by atoms with Crippen LogP contribution in [0.15, 0.2) is 54.7 Å². The zero-order chi connectivity index (χ0) is 17.1. The van der Waals surface area contributed by atoms with Gasteiger partial charge in [-0.05, 0) is 35.9 Å². The number of benzene rings is 2. The van der Waals surface area contributed by atoms with Crippen molar-refractivity contribution in [3.63, 3.8) is 0 Å². The predicted molar refractivity (Wildman–Crippen MR) is 92.1 cm³/mol. The lowest BCUT2D eigenvalue weighted by molar-refractivity contribution is 0.102. The molecule has 0 atom stereocenters. The molecule has 0 spiro atoms. The molecule has 0 saturated carbocycles. The van der Waals surface area contributed by atoms with E-state index in [1.807, 2.05) is 6.07 Å². The zero-order valence-corrected chi connectivity index (χ0v) is 13.9. The van der Waals surface area contributed by atoms with Crippen molar-refractivity contribution in [1.29, 1.82) is 0 Å². The van der Waals surface area contributed by atoms with E-state index in [1.165, 1.54) is 24.3 Å². The summed E-state index contributed by atoms with van der Waals surface area (Å²) in [5.41, 5.74) is 1.16. The summed E-state index contributed by atoms with van der Waals surface area (Å²) in [5.74, 6) is -0.508. The number of amides is 1. The van der Waals surface area contributed by atoms with Gasteiger partial charge < -0.3 is 5.32 Å². The lowest BCUT2D eigenvalue weighted by Gasteiger charge is -2.04. The van der Waals surface area contributed by atoms with Crippen LogP contribution < -0.4 is 5.32 Å². The second-order valence-corrected chi connectivity index (χ2v) is 5.93. The van der Waals surface area contributed by atoms with E-state index in [9.17, 15) is 9.18 Å². The lowest BCUT2D eigenvalue weighted by Crippen LogP contribution is -2.13. The summed E-state index contributed by atoms with van der Waals surface area (Å²) < 4.78 is 14.8. The van der Waals surface area contributed by atoms with Gasteiger partial charge in [0.15, 0.2) is 5.82 Å². The van der Waals surface area contributed by atoms with Crippen molar-refractivity contribution in [2.45, 2.75) is 6.54 Å². The van der Waals surface area contributed by atoms with Crippen LogP contribution in [0.5, 0.6) is 0 Å². The average Bonchev–Trinajstić information content (AvgIpc) is 2.98. The van der Waals surface area contributed by atoms with Crippen molar-refractivity contribution < 1.29 is 9.18 Å². The highest BCUT2D eigenvalue weighted by Crippen LogP contribution is 2.23. The molecule has 0 aliphatic carbocycles. The Morgan fingerprint density at radius 3 is 2.71 bits per heavy atom. The van der Waals surface area contributed by atoms with Gasteiger partial charge in [-0.2, -0.15) is 5.10 Å². The molecule has 0 bridgehead atoms. The van der Waals surface area contributed by atoms with Crippen LogP contribution in [0.2, 0.25) is 10.0 Å². The third-order valence-electron chi connectivity index (χ3n) is 3.30. The van der Waals surface area contributed by atoms with Crippen molar-refractivity contribution >= 4 is 34.9 Å². The Bertz CT molecular complexity index is 895. The van der Waals surface area contributed by atoms with Gasteiger partial charge in [0.2, 0.25) is 0 Å². The normalized spacial score (nSPS) is 10.6. The van der Waals surface area contributed by atoms with Gasteiger partial charge in [-0.15, -0.1) is 0 Å². The predicted octanol–water partition coefficient (Wildman–Crippen LogP) is 4.63. The van der Waals surface area contributed by atoms with Gasteiger partial charge in [0.05, 0.1) is 16.6 Å². The third kappa shape index (κ3) is 3.93. The number of nitrogens with one attached hydrogen (secondary N) is 1. The molecule has 0 aliphatic rings. The number of halogens is 3. The molecule has 0 saturated heterocycles. The maximum atomic E-state index is 13.2. The first kappa shape index (κ1) is 16.5. The van der Waals surface area contributed by atoms with Crippen LogP contribution in [0.4, 0.5) is 10.2 Å². The first-order chi connectivity index (χ1) is 11.5. The minimum absolute atomic E-state index is 0.231. The highest BCUT2D eigenvalue weighted by molar-refractivity contribution is 6.42. The summed E-state index contributed by atoms with van der Waals surface area (Å²) in [7, 11) is 0. The quantitative estimate of drug-likeness (QED) is 0.734. The van der Waals surface area contributed by atoms with Crippen molar-refractivity contribution in [3.05, 3.63) is 81.7 Å². The molecular formula is C17H12Cl2FN3O. The maximum Gasteiger partial charge on any atom is 0.256 e. The van der Waals surface area contributed by atoms with E-state index in [2.05, 4.69) is 10.4 Å². The van der Waals surface area contributed by atoms with E-state index >= 15 is 0 Å². The first-order valence-electron chi connectivity index (χ1n) is 7.05. The van der Waals surface area contributed by atoms with E-state index < -0.39 is 11.7 Å². The molecule has 1 N–H and O–H groups in total. The van der Waals surface area contributed by atoms with Crippen molar-refractivity contribution in [2.24, 2.45) is 0 Å². The summed E-state index contributed by atoms with van der Waals surface area (Å²) in [6.45, 7) is 0.479. The van der Waals surface area contributed by atoms with Gasteiger partial charge in [0.1, 0.15) is 5.82 Å². The molecule has 1 aromatic heterocycles. The van der Waals surface area contributed by atoms with Gasteiger partial charge in [0, 0.05) is 17.8 Å². The van der Waals surface area contributed by atoms with Crippen LogP contribution in [0.1, 0.15) is 15.9 Å². The highest BCUT2D eigenvalue weighted by Gasteiger charge is 2.09. The SMILES string of the molecule is O=C(Nc1ccn(Cc2ccc(Cl)c(Cl)c2)n1)c1cccc(F)c1. The Morgan fingerprint density at radius 2 is 1.96 bits per heavy atom. The molecule has 1 amide bonds. The average molecular weight is 364 g/mol. The van der Waals surface area contributed by atoms with Gasteiger partial charge in [-0.3, -0.25) is 9.48 Å². The van der Waals surface area contributed by atoms with E-state index in [1.54, 1.807) is 29.1 Å². The second kappa shape index (κ2) is 7.03. The van der Waals surface area contributed by atoms with Crippen LogP contribution in [0, 0.1) is 5.82 Å². The molecule has 3 rings (SSSR count). The molecule has 3 aromatic rings. The molecule has 0 unspecified atom stereocenters. The summed E-state index contributed by atoms with van der Waals surface area (Å²) in [4.78, 5) is 12.1. The number of hydrogen-bond acceptors (Lipinski definition) is 2. The Labute approximate surface area is 147 Å². The van der Waals surface area contributed by atoms with Gasteiger partial charge in [-0.25, -0.2) is 4.39 Å². The number of hydrogen-bond donors (Lipinski definition) is 1. The fourth-order valence-corrected chi connectivity index (χ4v) is 2.48. The molecule has 2 aromatic carbocycles. The number of anilines is 1. The Hall–Kier alpha value is -2.37. The highest BCUT2D eigenvalue weighted by atomic mass is 35.5. The largest absolute Gasteiger partial charge is 0.305 e. The van der Waals surface area contributed by atoms with Gasteiger partial charge in [0.25, 0.3) is 5.91 Å². The van der Waals surface area contributed by atoms with Crippen LogP contribution >= 0.6 is 23.2 Å². The van der Waals surface area contributed by atoms with Crippen LogP contribution in [0.25, 0.3) is 0 Å². The van der Waals surface area contributed by atoms with Gasteiger partial charge in [-0.1, -0.05) is 35.3 Å². The first-order valence-corrected chi connectivity index (χ1v) is 7.81. The molecule has 4 nitrogen and oxygen atoms in total. The molecule has 0 aliphatic heterocycles. The number of rotatable bonds is 4. The Morgan fingerprint density at radius 1 is 1.12 bits per heavy atom. The molecule has 0 radical (unpaired) electrons. The Balaban J connectivity index is 1.69. The Kier molecular flexibility index (Phi) is 4.83. The van der Waals surface area contributed by atoms with E-state index in [0.717, 1.165) is 5.56 Å². The van der Waals surface area contributed by atoms with Crippen LogP contribution in [0.3, 0.4) is 0 Å². The number of nitrogens with zero attached hydrogens (tertiary/aromatic N) is 2. The minimum Gasteiger partial charge on any atom is -0.305 e. The zero-order valence-electron chi connectivity index (χ0n) is 12.3. The molecule has 122 valence electrons. The third-order valence-corrected chi connectivity index (χ3v) is 4.04. The maximum absolute atomic E-state index is 13.2. The summed E-state index contributed by atoms with van der Waals surface area (Å²) >= 11 is 11.9. The molecule has 24 heavy (non-hydrogen) atoms. The van der Waals surface area contributed by atoms with Crippen molar-refractivity contribution in [2.75, 3.05) is 5.32 Å². The smallest absolute Gasteiger partial charge is 0.256 e. The second-order valence-electron chi connectivity index (χ2n) is 5.11. The number of carbonyl (C=O) groups excluding carboxylic acids is 1. The number of aromatic nitrogens is 2. The lowest BCUT2D eigenvalue weighted by atomic mass is 10.2. The monoisotopic (exact) mass is 363 g/mol. The van der Waals surface area contributed by atoms with E-state index in [-0.39, 0.29) is 5.56 Å². The minimum atomic E-state index is -0.465. The van der Waals surface area contributed by atoms with Crippen LogP contribution in [-0.2, 0) is 6.54 Å². The fraction of sp³-hybridized carbons (Fsp3) is 0.0588. The molecular weight excluding hydrogens is 352 g/mol. The summed E-state index contributed by atoms with van der Waals surface area (Å²) in [5, 5.41) is 7.85. The van der Waals surface area contributed by atoms with E-state index in [4.69, 9.17) is 23.2 Å². The molecule has 1 heterocycles. The fourth-order valence-electron chi connectivity index (χ4n) is 2.16. The topological polar surface area (TPSA) is 46.9 Å². The summed E-state index contributed by atoms with van der Waals surface area (Å²) in [6.07, 6.45) is 1.73. The standard InChI is InChI=1S/C17H12Cl2FN3O/c18-14-5-4-11(8-15(14)19)10-23-7-6-16(22-23)21-17(24)12-2-1-3-13(20)9-12/h1-9H,10H2,(H,21,22,24). The van der Waals surface area contributed by atoms with Crippen molar-refractivity contribution in [3.8, 4) is 0 Å². The molecule has 7 heteroatoms.